The number of carboxylic acids is 1. The zero-order valence-electron chi connectivity index (χ0n) is 17.8. The van der Waals surface area contributed by atoms with Crippen molar-refractivity contribution in [3.8, 4) is 0 Å². The Morgan fingerprint density at radius 3 is 2.60 bits per heavy atom. The first-order valence-electron chi connectivity index (χ1n) is 10.7. The molecule has 0 unspecified atom stereocenters. The molecule has 0 bridgehead atoms. The number of carboxylic acid groups (broad SMARTS) is 1. The van der Waals surface area contributed by atoms with E-state index >= 15 is 4.39 Å². The number of carbonyl (C=O) groups excluding carboxylic acids is 1. The molecule has 0 aromatic rings. The molecule has 0 aromatic carbocycles. The number of hydrogen-bond donors (Lipinski definition) is 2. The zero-order chi connectivity index (χ0) is 21.9. The first kappa shape index (κ1) is 20.3. The maximum atomic E-state index is 17.0. The molecule has 5 aliphatic rings. The number of rotatable bonds is 1. The van der Waals surface area contributed by atoms with Gasteiger partial charge in [-0.2, -0.15) is 0 Å². The van der Waals surface area contributed by atoms with E-state index in [2.05, 4.69) is 0 Å². The molecule has 0 radical (unpaired) electrons. The van der Waals surface area contributed by atoms with Crippen LogP contribution in [0.3, 0.4) is 0 Å². The van der Waals surface area contributed by atoms with Crippen LogP contribution < -0.4 is 0 Å². The van der Waals surface area contributed by atoms with Crippen LogP contribution in [0.2, 0.25) is 0 Å². The third kappa shape index (κ3) is 2.04. The number of aliphatic carboxylic acids is 1. The lowest BCUT2D eigenvalue weighted by Gasteiger charge is -2.62. The Kier molecular flexibility index (Phi) is 3.81. The lowest BCUT2D eigenvalue weighted by molar-refractivity contribution is -0.251. The SMILES string of the molecule is CC1(C)O[C@H]2C[C@H]3[C@@H]4CCC5=CC(=O)C=C[C@@]5(C)[C@]4(F)[C@H](O)C[C@@]3(C)[C@@]2(C(=O)O)O1. The lowest BCUT2D eigenvalue weighted by Crippen LogP contribution is -2.69. The summed E-state index contributed by atoms with van der Waals surface area (Å²) in [7, 11) is 0. The Morgan fingerprint density at radius 1 is 1.23 bits per heavy atom. The van der Waals surface area contributed by atoms with Gasteiger partial charge in [-0.25, -0.2) is 9.18 Å². The van der Waals surface area contributed by atoms with Crippen molar-refractivity contribution < 1.29 is 33.7 Å². The van der Waals surface area contributed by atoms with Gasteiger partial charge in [-0.3, -0.25) is 4.79 Å². The van der Waals surface area contributed by atoms with Gasteiger partial charge in [-0.05, 0) is 64.5 Å². The Balaban J connectivity index is 1.64. The van der Waals surface area contributed by atoms with Crippen molar-refractivity contribution in [1.82, 2.24) is 0 Å². The van der Waals surface area contributed by atoms with Crippen LogP contribution in [-0.4, -0.2) is 51.2 Å². The van der Waals surface area contributed by atoms with Crippen LogP contribution in [0.25, 0.3) is 0 Å². The minimum Gasteiger partial charge on any atom is -0.479 e. The van der Waals surface area contributed by atoms with Crippen molar-refractivity contribution in [1.29, 1.82) is 0 Å². The third-order valence-corrected chi connectivity index (χ3v) is 8.95. The van der Waals surface area contributed by atoms with Gasteiger partial charge in [0.05, 0.1) is 6.10 Å². The molecule has 4 fully saturated rings. The molecule has 6 nitrogen and oxygen atoms in total. The van der Waals surface area contributed by atoms with Gasteiger partial charge in [-0.15, -0.1) is 0 Å². The first-order valence-corrected chi connectivity index (χ1v) is 10.7. The van der Waals surface area contributed by atoms with E-state index in [1.165, 1.54) is 12.2 Å². The molecule has 3 saturated carbocycles. The maximum Gasteiger partial charge on any atom is 0.339 e. The van der Waals surface area contributed by atoms with Gasteiger partial charge in [0.25, 0.3) is 0 Å². The van der Waals surface area contributed by atoms with Crippen molar-refractivity contribution in [2.75, 3.05) is 0 Å². The van der Waals surface area contributed by atoms with Crippen molar-refractivity contribution in [3.05, 3.63) is 23.8 Å². The number of allylic oxidation sites excluding steroid dienone is 4. The summed E-state index contributed by atoms with van der Waals surface area (Å²) in [6.07, 6.45) is 3.69. The molecule has 5 rings (SSSR count). The normalized spacial score (nSPS) is 53.4. The topological polar surface area (TPSA) is 93.1 Å². The van der Waals surface area contributed by atoms with Gasteiger partial charge in [0.2, 0.25) is 0 Å². The molecule has 0 amide bonds. The highest BCUT2D eigenvalue weighted by molar-refractivity contribution is 6.01. The molecule has 0 aromatic heterocycles. The fourth-order valence-electron chi connectivity index (χ4n) is 7.68. The molecule has 7 heteroatoms. The quantitative estimate of drug-likeness (QED) is 0.678. The predicted octanol–water partition coefficient (Wildman–Crippen LogP) is 2.94. The number of aliphatic hydroxyl groups excluding tert-OH is 1. The summed E-state index contributed by atoms with van der Waals surface area (Å²) < 4.78 is 29.1. The second-order valence-corrected chi connectivity index (χ2v) is 10.6. The summed E-state index contributed by atoms with van der Waals surface area (Å²) in [5, 5.41) is 21.6. The van der Waals surface area contributed by atoms with Gasteiger partial charge >= 0.3 is 5.97 Å². The summed E-state index contributed by atoms with van der Waals surface area (Å²) in [4.78, 5) is 24.5. The van der Waals surface area contributed by atoms with Crippen LogP contribution in [0.5, 0.6) is 0 Å². The van der Waals surface area contributed by atoms with E-state index < -0.39 is 52.0 Å². The Morgan fingerprint density at radius 2 is 1.93 bits per heavy atom. The number of fused-ring (bicyclic) bond motifs is 7. The van der Waals surface area contributed by atoms with E-state index in [0.29, 0.717) is 24.8 Å². The largest absolute Gasteiger partial charge is 0.479 e. The maximum absolute atomic E-state index is 17.0. The van der Waals surface area contributed by atoms with Crippen LogP contribution in [0.4, 0.5) is 4.39 Å². The highest BCUT2D eigenvalue weighted by atomic mass is 19.1. The smallest absolute Gasteiger partial charge is 0.339 e. The highest BCUT2D eigenvalue weighted by Crippen LogP contribution is 2.72. The summed E-state index contributed by atoms with van der Waals surface area (Å²) in [5.41, 5.74) is -5.00. The molecule has 2 N–H and O–H groups in total. The number of halogens is 1. The molecule has 4 aliphatic carbocycles. The van der Waals surface area contributed by atoms with Crippen LogP contribution in [0.15, 0.2) is 23.8 Å². The molecule has 30 heavy (non-hydrogen) atoms. The molecule has 8 atom stereocenters. The number of ketones is 1. The molecular formula is C23H29FO6. The minimum absolute atomic E-state index is 0.0441. The van der Waals surface area contributed by atoms with Crippen LogP contribution in [0.1, 0.15) is 53.4 Å². The fourth-order valence-corrected chi connectivity index (χ4v) is 7.68. The number of alkyl halides is 1. The van der Waals surface area contributed by atoms with Crippen molar-refractivity contribution in [2.24, 2.45) is 22.7 Å². The van der Waals surface area contributed by atoms with Gasteiger partial charge in [-0.1, -0.05) is 18.6 Å². The van der Waals surface area contributed by atoms with E-state index in [-0.39, 0.29) is 18.1 Å². The zero-order valence-corrected chi connectivity index (χ0v) is 17.8. The molecule has 1 heterocycles. The average molecular weight is 420 g/mol. The monoisotopic (exact) mass is 420 g/mol. The molecule has 1 saturated heterocycles. The van der Waals surface area contributed by atoms with E-state index in [9.17, 15) is 19.8 Å². The van der Waals surface area contributed by atoms with Gasteiger partial charge in [0.1, 0.15) is 6.10 Å². The standard InChI is InChI=1S/C23H29FO6/c1-19(2)29-17-10-15-14-6-5-12-9-13(25)7-8-20(12,3)22(14,24)16(26)11-21(15,4)23(17,30-19)18(27)28/h7-9,14-17,26H,5-6,10-11H2,1-4H3,(H,27,28)/t14-,15-,16+,17-,20+,21+,22+,23+/m0/s1. The van der Waals surface area contributed by atoms with Crippen molar-refractivity contribution in [2.45, 2.75) is 82.6 Å². The van der Waals surface area contributed by atoms with E-state index in [4.69, 9.17) is 9.47 Å². The summed E-state index contributed by atoms with van der Waals surface area (Å²) in [6, 6.07) is 0. The molecule has 164 valence electrons. The summed E-state index contributed by atoms with van der Waals surface area (Å²) in [6.45, 7) is 6.94. The third-order valence-electron chi connectivity index (χ3n) is 8.95. The minimum atomic E-state index is -1.99. The van der Waals surface area contributed by atoms with Crippen molar-refractivity contribution in [3.63, 3.8) is 0 Å². The first-order chi connectivity index (χ1) is 13.8. The second-order valence-electron chi connectivity index (χ2n) is 10.6. The van der Waals surface area contributed by atoms with E-state index in [0.717, 1.165) is 0 Å². The molecule has 1 aliphatic heterocycles. The fraction of sp³-hybridized carbons (Fsp3) is 0.739. The predicted molar refractivity (Wildman–Crippen MR) is 104 cm³/mol. The van der Waals surface area contributed by atoms with Gasteiger partial charge in [0.15, 0.2) is 22.8 Å². The Hall–Kier alpha value is -1.57. The lowest BCUT2D eigenvalue weighted by atomic mass is 9.45. The molecular weight excluding hydrogens is 391 g/mol. The van der Waals surface area contributed by atoms with Crippen LogP contribution in [0, 0.1) is 22.7 Å². The number of aliphatic hydroxyl groups is 1. The average Bonchev–Trinajstić information content (AvgIpc) is 3.04. The number of ether oxygens (including phenoxy) is 2. The van der Waals surface area contributed by atoms with E-state index in [1.54, 1.807) is 26.8 Å². The highest BCUT2D eigenvalue weighted by Gasteiger charge is 2.80. The Labute approximate surface area is 175 Å². The second kappa shape index (κ2) is 5.61. The van der Waals surface area contributed by atoms with Crippen LogP contribution in [-0.2, 0) is 19.1 Å². The number of hydrogen-bond acceptors (Lipinski definition) is 5. The summed E-state index contributed by atoms with van der Waals surface area (Å²) >= 11 is 0. The molecule has 0 spiro atoms. The van der Waals surface area contributed by atoms with Gasteiger partial charge < -0.3 is 19.7 Å². The van der Waals surface area contributed by atoms with Crippen molar-refractivity contribution >= 4 is 11.8 Å². The Bertz CT molecular complexity index is 909. The van der Waals surface area contributed by atoms with Gasteiger partial charge in [0, 0.05) is 16.7 Å². The number of carbonyl (C=O) groups is 2. The summed E-state index contributed by atoms with van der Waals surface area (Å²) in [5.74, 6) is -3.24. The van der Waals surface area contributed by atoms with E-state index in [1.807, 2.05) is 6.92 Å². The van der Waals surface area contributed by atoms with Crippen LogP contribution >= 0.6 is 0 Å².